The summed E-state index contributed by atoms with van der Waals surface area (Å²) >= 11 is 3.46. The summed E-state index contributed by atoms with van der Waals surface area (Å²) in [5, 5.41) is 3.22. The van der Waals surface area contributed by atoms with E-state index in [-0.39, 0.29) is 5.78 Å². The topological polar surface area (TPSA) is 38.3 Å². The highest BCUT2D eigenvalue weighted by Crippen LogP contribution is 2.27. The fraction of sp³-hybridized carbons (Fsp3) is 0.500. The molecule has 98 valence electrons. The lowest BCUT2D eigenvalue weighted by atomic mass is 10.1. The van der Waals surface area contributed by atoms with E-state index in [0.717, 1.165) is 28.2 Å². The summed E-state index contributed by atoms with van der Waals surface area (Å²) < 4.78 is 6.12. The highest BCUT2D eigenvalue weighted by Gasteiger charge is 2.20. The van der Waals surface area contributed by atoms with Gasteiger partial charge in [0.05, 0.1) is 13.7 Å². The van der Waals surface area contributed by atoms with Crippen LogP contribution in [0.4, 0.5) is 0 Å². The molecule has 4 heteroatoms. The minimum absolute atomic E-state index is 0.213. The Hall–Kier alpha value is -0.870. The Morgan fingerprint density at radius 3 is 2.94 bits per heavy atom. The van der Waals surface area contributed by atoms with Crippen LogP contribution >= 0.6 is 15.9 Å². The third-order valence-electron chi connectivity index (χ3n) is 3.09. The van der Waals surface area contributed by atoms with Crippen LogP contribution in [0.15, 0.2) is 22.7 Å². The second-order valence-corrected chi connectivity index (χ2v) is 5.60. The van der Waals surface area contributed by atoms with Crippen LogP contribution in [-0.4, -0.2) is 26.0 Å². The van der Waals surface area contributed by atoms with Crippen molar-refractivity contribution in [2.24, 2.45) is 5.92 Å². The Bertz CT molecular complexity index is 430. The molecule has 0 saturated heterocycles. The molecule has 1 aliphatic carbocycles. The molecule has 3 nitrogen and oxygen atoms in total. The van der Waals surface area contributed by atoms with Crippen LogP contribution in [0.3, 0.4) is 0 Å². The lowest BCUT2D eigenvalue weighted by molar-refractivity contribution is -0.117. The quantitative estimate of drug-likeness (QED) is 0.841. The Kier molecular flexibility index (Phi) is 4.78. The first-order chi connectivity index (χ1) is 8.69. The molecule has 18 heavy (non-hydrogen) atoms. The fourth-order valence-corrected chi connectivity index (χ4v) is 2.21. The third kappa shape index (κ3) is 4.10. The Labute approximate surface area is 116 Å². The monoisotopic (exact) mass is 311 g/mol. The molecule has 0 aliphatic heterocycles. The van der Waals surface area contributed by atoms with Crippen molar-refractivity contribution in [3.05, 3.63) is 28.2 Å². The number of Topliss-reactive ketones (excluding diaryl/α,β-unsaturated/α-hetero) is 1. The molecule has 0 bridgehead atoms. The Morgan fingerprint density at radius 2 is 2.28 bits per heavy atom. The number of nitrogens with one attached hydrogen (secondary N) is 1. The first kappa shape index (κ1) is 13.6. The summed E-state index contributed by atoms with van der Waals surface area (Å²) in [6.45, 7) is 1.44. The largest absolute Gasteiger partial charge is 0.497 e. The van der Waals surface area contributed by atoms with E-state index in [2.05, 4.69) is 21.2 Å². The Morgan fingerprint density at radius 1 is 1.50 bits per heavy atom. The van der Waals surface area contributed by atoms with E-state index in [1.54, 1.807) is 7.11 Å². The van der Waals surface area contributed by atoms with Gasteiger partial charge in [-0.05, 0) is 49.1 Å². The summed E-state index contributed by atoms with van der Waals surface area (Å²) in [7, 11) is 1.63. The van der Waals surface area contributed by atoms with Gasteiger partial charge in [-0.15, -0.1) is 0 Å². The van der Waals surface area contributed by atoms with Gasteiger partial charge in [0.25, 0.3) is 0 Å². The number of ether oxygens (including phenoxy) is 1. The van der Waals surface area contributed by atoms with E-state index < -0.39 is 0 Å². The van der Waals surface area contributed by atoms with Crippen LogP contribution in [0.2, 0.25) is 0 Å². The van der Waals surface area contributed by atoms with Gasteiger partial charge < -0.3 is 10.1 Å². The van der Waals surface area contributed by atoms with E-state index in [4.69, 9.17) is 4.74 Å². The van der Waals surface area contributed by atoms with Crippen LogP contribution < -0.4 is 10.1 Å². The van der Waals surface area contributed by atoms with Gasteiger partial charge in [0.1, 0.15) is 5.75 Å². The van der Waals surface area contributed by atoms with Crippen LogP contribution in [0.5, 0.6) is 5.75 Å². The lowest BCUT2D eigenvalue weighted by Gasteiger charge is -2.07. The molecule has 1 aromatic rings. The fourth-order valence-electron chi connectivity index (χ4n) is 1.83. The van der Waals surface area contributed by atoms with Gasteiger partial charge in [-0.2, -0.15) is 0 Å². The lowest BCUT2D eigenvalue weighted by Crippen LogP contribution is -2.26. The molecular formula is C14H18BrNO2. The standard InChI is InChI=1S/C14H18BrNO2/c1-18-13-4-5-14(15)11(7-13)6-12(17)9-16-8-10-2-3-10/h4-5,7,10,16H,2-3,6,8-9H2,1H3. The molecule has 1 saturated carbocycles. The second kappa shape index (κ2) is 6.34. The van der Waals surface area contributed by atoms with Crippen molar-refractivity contribution < 1.29 is 9.53 Å². The highest BCUT2D eigenvalue weighted by atomic mass is 79.9. The molecule has 0 heterocycles. The zero-order valence-corrected chi connectivity index (χ0v) is 12.1. The summed E-state index contributed by atoms with van der Waals surface area (Å²) in [6.07, 6.45) is 3.06. The first-order valence-corrected chi connectivity index (χ1v) is 7.03. The van der Waals surface area contributed by atoms with E-state index in [0.29, 0.717) is 13.0 Å². The number of carbonyl (C=O) groups excluding carboxylic acids is 1. The summed E-state index contributed by atoms with van der Waals surface area (Å²) in [5.41, 5.74) is 0.979. The number of carbonyl (C=O) groups is 1. The van der Waals surface area contributed by atoms with E-state index >= 15 is 0 Å². The van der Waals surface area contributed by atoms with Gasteiger partial charge in [0.15, 0.2) is 5.78 Å². The van der Waals surface area contributed by atoms with Gasteiger partial charge in [0.2, 0.25) is 0 Å². The van der Waals surface area contributed by atoms with Crippen molar-refractivity contribution in [1.29, 1.82) is 0 Å². The summed E-state index contributed by atoms with van der Waals surface area (Å²) in [6, 6.07) is 5.70. The van der Waals surface area contributed by atoms with Gasteiger partial charge in [-0.3, -0.25) is 4.79 Å². The molecule has 0 radical (unpaired) electrons. The number of hydrogen-bond acceptors (Lipinski definition) is 3. The first-order valence-electron chi connectivity index (χ1n) is 6.24. The molecular weight excluding hydrogens is 294 g/mol. The number of methoxy groups -OCH3 is 1. The van der Waals surface area contributed by atoms with Gasteiger partial charge in [-0.25, -0.2) is 0 Å². The van der Waals surface area contributed by atoms with Gasteiger partial charge >= 0.3 is 0 Å². The maximum Gasteiger partial charge on any atom is 0.151 e. The zero-order chi connectivity index (χ0) is 13.0. The van der Waals surface area contributed by atoms with Gasteiger partial charge in [0, 0.05) is 10.9 Å². The van der Waals surface area contributed by atoms with Crippen molar-refractivity contribution in [1.82, 2.24) is 5.32 Å². The SMILES string of the molecule is COc1ccc(Br)c(CC(=O)CNCC2CC2)c1. The molecule has 0 unspecified atom stereocenters. The number of rotatable bonds is 7. The zero-order valence-electron chi connectivity index (χ0n) is 10.5. The van der Waals surface area contributed by atoms with Crippen molar-refractivity contribution in [3.63, 3.8) is 0 Å². The second-order valence-electron chi connectivity index (χ2n) is 4.75. The van der Waals surface area contributed by atoms with Crippen molar-refractivity contribution in [2.75, 3.05) is 20.2 Å². The molecule has 0 amide bonds. The molecule has 0 aromatic heterocycles. The van der Waals surface area contributed by atoms with Crippen LogP contribution in [0, 0.1) is 5.92 Å². The maximum atomic E-state index is 11.8. The van der Waals surface area contributed by atoms with E-state index in [1.807, 2.05) is 18.2 Å². The summed E-state index contributed by atoms with van der Waals surface area (Å²) in [5.74, 6) is 1.80. The van der Waals surface area contributed by atoms with Crippen LogP contribution in [-0.2, 0) is 11.2 Å². The number of benzene rings is 1. The van der Waals surface area contributed by atoms with Gasteiger partial charge in [-0.1, -0.05) is 15.9 Å². The number of halogens is 1. The predicted octanol–water partition coefficient (Wildman–Crippen LogP) is 2.57. The normalized spacial score (nSPS) is 14.6. The average Bonchev–Trinajstić information content (AvgIpc) is 3.16. The van der Waals surface area contributed by atoms with E-state index in [9.17, 15) is 4.79 Å². The molecule has 0 spiro atoms. The molecule has 1 aliphatic rings. The molecule has 2 rings (SSSR count). The average molecular weight is 312 g/mol. The molecule has 1 aromatic carbocycles. The minimum Gasteiger partial charge on any atom is -0.497 e. The summed E-state index contributed by atoms with van der Waals surface area (Å²) in [4.78, 5) is 11.8. The van der Waals surface area contributed by atoms with Crippen LogP contribution in [0.25, 0.3) is 0 Å². The Balaban J connectivity index is 1.84. The van der Waals surface area contributed by atoms with Crippen molar-refractivity contribution >= 4 is 21.7 Å². The van der Waals surface area contributed by atoms with Crippen molar-refractivity contribution in [3.8, 4) is 5.75 Å². The minimum atomic E-state index is 0.213. The molecule has 1 N–H and O–H groups in total. The molecule has 1 fully saturated rings. The smallest absolute Gasteiger partial charge is 0.151 e. The predicted molar refractivity (Wildman–Crippen MR) is 75.0 cm³/mol. The number of ketones is 1. The number of hydrogen-bond donors (Lipinski definition) is 1. The third-order valence-corrected chi connectivity index (χ3v) is 3.87. The molecule has 0 atom stereocenters. The van der Waals surface area contributed by atoms with Crippen molar-refractivity contribution in [2.45, 2.75) is 19.3 Å². The van der Waals surface area contributed by atoms with Crippen LogP contribution in [0.1, 0.15) is 18.4 Å². The maximum absolute atomic E-state index is 11.8. The highest BCUT2D eigenvalue weighted by molar-refractivity contribution is 9.10. The van der Waals surface area contributed by atoms with E-state index in [1.165, 1.54) is 12.8 Å².